The summed E-state index contributed by atoms with van der Waals surface area (Å²) in [5.74, 6) is 0.114. The van der Waals surface area contributed by atoms with Crippen molar-refractivity contribution in [2.24, 2.45) is 0 Å². The van der Waals surface area contributed by atoms with Crippen molar-refractivity contribution in [1.82, 2.24) is 9.80 Å². The SMILES string of the molecule is COCC(=O)N1CCN(C(=O)c2ccc(Br)o2)CC1. The molecule has 104 valence electrons. The summed E-state index contributed by atoms with van der Waals surface area (Å²) in [4.78, 5) is 27.1. The third-order valence-electron chi connectivity index (χ3n) is 2.97. The summed E-state index contributed by atoms with van der Waals surface area (Å²) in [5.41, 5.74) is 0. The quantitative estimate of drug-likeness (QED) is 0.828. The first-order chi connectivity index (χ1) is 9.11. The molecule has 1 saturated heterocycles. The molecule has 1 aromatic rings. The number of carbonyl (C=O) groups excluding carboxylic acids is 2. The number of nitrogens with zero attached hydrogens (tertiary/aromatic N) is 2. The van der Waals surface area contributed by atoms with E-state index in [1.807, 2.05) is 0 Å². The van der Waals surface area contributed by atoms with E-state index in [4.69, 9.17) is 9.15 Å². The summed E-state index contributed by atoms with van der Waals surface area (Å²) in [6, 6.07) is 3.32. The number of amides is 2. The second kappa shape index (κ2) is 6.21. The van der Waals surface area contributed by atoms with E-state index >= 15 is 0 Å². The highest BCUT2D eigenvalue weighted by molar-refractivity contribution is 9.10. The fourth-order valence-corrected chi connectivity index (χ4v) is 2.27. The summed E-state index contributed by atoms with van der Waals surface area (Å²) in [7, 11) is 1.49. The highest BCUT2D eigenvalue weighted by Crippen LogP contribution is 2.16. The molecule has 2 heterocycles. The molecule has 0 spiro atoms. The number of rotatable bonds is 3. The van der Waals surface area contributed by atoms with Gasteiger partial charge >= 0.3 is 0 Å². The smallest absolute Gasteiger partial charge is 0.289 e. The molecule has 0 radical (unpaired) electrons. The minimum absolute atomic E-state index is 0.0460. The van der Waals surface area contributed by atoms with Gasteiger partial charge in [0.25, 0.3) is 5.91 Å². The van der Waals surface area contributed by atoms with Crippen LogP contribution in [0.15, 0.2) is 21.2 Å². The molecule has 0 N–H and O–H groups in total. The number of methoxy groups -OCH3 is 1. The number of hydrogen-bond donors (Lipinski definition) is 0. The van der Waals surface area contributed by atoms with E-state index in [0.29, 0.717) is 36.6 Å². The molecule has 1 aliphatic rings. The Labute approximate surface area is 119 Å². The second-order valence-corrected chi connectivity index (χ2v) is 4.99. The van der Waals surface area contributed by atoms with Crippen LogP contribution in [0, 0.1) is 0 Å². The third-order valence-corrected chi connectivity index (χ3v) is 3.40. The van der Waals surface area contributed by atoms with Gasteiger partial charge in [-0.3, -0.25) is 9.59 Å². The van der Waals surface area contributed by atoms with Gasteiger partial charge in [-0.15, -0.1) is 0 Å². The van der Waals surface area contributed by atoms with Crippen molar-refractivity contribution in [2.75, 3.05) is 39.9 Å². The van der Waals surface area contributed by atoms with Crippen LogP contribution >= 0.6 is 15.9 Å². The Morgan fingerprint density at radius 3 is 2.42 bits per heavy atom. The minimum Gasteiger partial charge on any atom is -0.444 e. The lowest BCUT2D eigenvalue weighted by molar-refractivity contribution is -0.136. The lowest BCUT2D eigenvalue weighted by Crippen LogP contribution is -2.51. The molecule has 0 bridgehead atoms. The third kappa shape index (κ3) is 3.36. The van der Waals surface area contributed by atoms with Gasteiger partial charge in [0.05, 0.1) is 0 Å². The highest BCUT2D eigenvalue weighted by Gasteiger charge is 2.26. The van der Waals surface area contributed by atoms with Crippen molar-refractivity contribution in [3.05, 3.63) is 22.6 Å². The molecule has 1 aromatic heterocycles. The normalized spacial score (nSPS) is 15.7. The Balaban J connectivity index is 1.89. The van der Waals surface area contributed by atoms with Gasteiger partial charge in [-0.2, -0.15) is 0 Å². The zero-order chi connectivity index (χ0) is 13.8. The molecule has 7 heteroatoms. The van der Waals surface area contributed by atoms with Crippen LogP contribution in [0.1, 0.15) is 10.6 Å². The Morgan fingerprint density at radius 1 is 1.26 bits per heavy atom. The molecule has 2 amide bonds. The molecule has 0 aromatic carbocycles. The van der Waals surface area contributed by atoms with Crippen LogP contribution in [0.4, 0.5) is 0 Å². The van der Waals surface area contributed by atoms with Gasteiger partial charge in [0.2, 0.25) is 5.91 Å². The Hall–Kier alpha value is -1.34. The van der Waals surface area contributed by atoms with Crippen LogP contribution in [0.3, 0.4) is 0 Å². The highest BCUT2D eigenvalue weighted by atomic mass is 79.9. The zero-order valence-corrected chi connectivity index (χ0v) is 12.2. The van der Waals surface area contributed by atoms with E-state index in [0.717, 1.165) is 0 Å². The van der Waals surface area contributed by atoms with Gasteiger partial charge in [-0.25, -0.2) is 0 Å². The number of carbonyl (C=O) groups is 2. The van der Waals surface area contributed by atoms with Crippen molar-refractivity contribution in [1.29, 1.82) is 0 Å². The molecule has 0 unspecified atom stereocenters. The van der Waals surface area contributed by atoms with Crippen LogP contribution in [-0.4, -0.2) is 61.5 Å². The Bertz CT molecular complexity index is 466. The maximum Gasteiger partial charge on any atom is 0.289 e. The molecule has 1 fully saturated rings. The lowest BCUT2D eigenvalue weighted by atomic mass is 10.3. The lowest BCUT2D eigenvalue weighted by Gasteiger charge is -2.34. The maximum atomic E-state index is 12.1. The number of piperazine rings is 1. The van der Waals surface area contributed by atoms with Crippen LogP contribution in [0.5, 0.6) is 0 Å². The Morgan fingerprint density at radius 2 is 1.89 bits per heavy atom. The van der Waals surface area contributed by atoms with E-state index in [-0.39, 0.29) is 18.4 Å². The standard InChI is InChI=1S/C12H15BrN2O4/c1-18-8-11(16)14-4-6-15(7-5-14)12(17)9-2-3-10(13)19-9/h2-3H,4-8H2,1H3. The second-order valence-electron chi connectivity index (χ2n) is 4.21. The maximum absolute atomic E-state index is 12.1. The van der Waals surface area contributed by atoms with Crippen molar-refractivity contribution in [3.8, 4) is 0 Å². The zero-order valence-electron chi connectivity index (χ0n) is 10.6. The van der Waals surface area contributed by atoms with Gasteiger partial charge in [0, 0.05) is 33.3 Å². The average molecular weight is 331 g/mol. The van der Waals surface area contributed by atoms with Crippen molar-refractivity contribution in [2.45, 2.75) is 0 Å². The van der Waals surface area contributed by atoms with E-state index in [9.17, 15) is 9.59 Å². The van der Waals surface area contributed by atoms with Crippen LogP contribution in [-0.2, 0) is 9.53 Å². The molecule has 6 nitrogen and oxygen atoms in total. The van der Waals surface area contributed by atoms with Gasteiger partial charge in [0.15, 0.2) is 10.4 Å². The molecule has 2 rings (SSSR count). The molecule has 1 aliphatic heterocycles. The molecule has 19 heavy (non-hydrogen) atoms. The van der Waals surface area contributed by atoms with Crippen LogP contribution < -0.4 is 0 Å². The molecular formula is C12H15BrN2O4. The van der Waals surface area contributed by atoms with Crippen molar-refractivity contribution in [3.63, 3.8) is 0 Å². The first-order valence-corrected chi connectivity index (χ1v) is 6.72. The molecule has 0 aliphatic carbocycles. The summed E-state index contributed by atoms with van der Waals surface area (Å²) in [5, 5.41) is 0. The van der Waals surface area contributed by atoms with Crippen molar-refractivity contribution >= 4 is 27.7 Å². The predicted molar refractivity (Wildman–Crippen MR) is 70.8 cm³/mol. The Kier molecular flexibility index (Phi) is 4.60. The van der Waals surface area contributed by atoms with Crippen LogP contribution in [0.2, 0.25) is 0 Å². The molecule has 0 atom stereocenters. The fourth-order valence-electron chi connectivity index (χ4n) is 1.96. The van der Waals surface area contributed by atoms with Crippen LogP contribution in [0.25, 0.3) is 0 Å². The summed E-state index contributed by atoms with van der Waals surface area (Å²) in [6.07, 6.45) is 0. The summed E-state index contributed by atoms with van der Waals surface area (Å²) >= 11 is 3.17. The number of furan rings is 1. The topological polar surface area (TPSA) is 63.0 Å². The van der Waals surface area contributed by atoms with Gasteiger partial charge in [0.1, 0.15) is 6.61 Å². The number of halogens is 1. The van der Waals surface area contributed by atoms with Gasteiger partial charge in [-0.1, -0.05) is 0 Å². The van der Waals surface area contributed by atoms with Gasteiger partial charge < -0.3 is 19.0 Å². The minimum atomic E-state index is -0.149. The fraction of sp³-hybridized carbons (Fsp3) is 0.500. The monoisotopic (exact) mass is 330 g/mol. The first-order valence-electron chi connectivity index (χ1n) is 5.93. The van der Waals surface area contributed by atoms with E-state index in [1.165, 1.54) is 7.11 Å². The van der Waals surface area contributed by atoms with Crippen molar-refractivity contribution < 1.29 is 18.7 Å². The predicted octanol–water partition coefficient (Wildman–Crippen LogP) is 0.973. The molecule has 0 saturated carbocycles. The first kappa shape index (κ1) is 14.1. The summed E-state index contributed by atoms with van der Waals surface area (Å²) in [6.45, 7) is 2.14. The number of hydrogen-bond acceptors (Lipinski definition) is 4. The summed E-state index contributed by atoms with van der Waals surface area (Å²) < 4.78 is 10.6. The van der Waals surface area contributed by atoms with E-state index in [2.05, 4.69) is 15.9 Å². The van der Waals surface area contributed by atoms with E-state index < -0.39 is 0 Å². The van der Waals surface area contributed by atoms with Gasteiger partial charge in [-0.05, 0) is 28.1 Å². The number of ether oxygens (including phenoxy) is 1. The largest absolute Gasteiger partial charge is 0.444 e. The molecular weight excluding hydrogens is 316 g/mol. The van der Waals surface area contributed by atoms with E-state index in [1.54, 1.807) is 21.9 Å². The average Bonchev–Trinajstić information content (AvgIpc) is 2.85.